The molecule has 0 radical (unpaired) electrons. The lowest BCUT2D eigenvalue weighted by Crippen LogP contribution is -2.32. The Morgan fingerprint density at radius 1 is 1.26 bits per heavy atom. The van der Waals surface area contributed by atoms with Gasteiger partial charge in [-0.3, -0.25) is 4.79 Å². The molecule has 122 valence electrons. The Bertz CT molecular complexity index is 718. The number of halogens is 2. The lowest BCUT2D eigenvalue weighted by atomic mass is 10.1. The van der Waals surface area contributed by atoms with Crippen LogP contribution in [0, 0.1) is 13.8 Å². The number of rotatable bonds is 5. The molecular formula is C18H19BrClNO2. The molecule has 0 aliphatic carbocycles. The highest BCUT2D eigenvalue weighted by Gasteiger charge is 2.19. The van der Waals surface area contributed by atoms with E-state index in [1.165, 1.54) is 0 Å². The minimum atomic E-state index is -0.557. The first kappa shape index (κ1) is 17.8. The summed E-state index contributed by atoms with van der Waals surface area (Å²) in [4.78, 5) is 12.4. The van der Waals surface area contributed by atoms with Crippen LogP contribution in [0.2, 0.25) is 5.02 Å². The molecule has 0 aliphatic heterocycles. The summed E-state index contributed by atoms with van der Waals surface area (Å²) in [5, 5.41) is 3.39. The minimum Gasteiger partial charge on any atom is -0.480 e. The average molecular weight is 397 g/mol. The maximum absolute atomic E-state index is 12.4. The highest BCUT2D eigenvalue weighted by molar-refractivity contribution is 9.10. The van der Waals surface area contributed by atoms with E-state index >= 15 is 0 Å². The molecule has 1 unspecified atom stereocenters. The van der Waals surface area contributed by atoms with Gasteiger partial charge < -0.3 is 10.1 Å². The number of benzene rings is 2. The fourth-order valence-corrected chi connectivity index (χ4v) is 2.53. The van der Waals surface area contributed by atoms with Gasteiger partial charge in [0, 0.05) is 10.2 Å². The van der Waals surface area contributed by atoms with Crippen LogP contribution in [-0.4, -0.2) is 12.0 Å². The van der Waals surface area contributed by atoms with Gasteiger partial charge in [-0.05, 0) is 71.6 Å². The first-order valence-corrected chi connectivity index (χ1v) is 8.57. The molecule has 0 saturated heterocycles. The molecule has 1 atom stereocenters. The van der Waals surface area contributed by atoms with E-state index in [0.29, 0.717) is 17.1 Å². The number of amides is 1. The summed E-state index contributed by atoms with van der Waals surface area (Å²) in [7, 11) is 0. The highest BCUT2D eigenvalue weighted by Crippen LogP contribution is 2.26. The van der Waals surface area contributed by atoms with Crippen molar-refractivity contribution >= 4 is 39.1 Å². The fourth-order valence-electron chi connectivity index (χ4n) is 2.11. The third-order valence-electron chi connectivity index (χ3n) is 3.46. The summed E-state index contributed by atoms with van der Waals surface area (Å²) < 4.78 is 6.70. The molecule has 0 aromatic heterocycles. The molecule has 0 bridgehead atoms. The Labute approximate surface area is 150 Å². The molecule has 0 spiro atoms. The van der Waals surface area contributed by atoms with Crippen molar-refractivity contribution in [2.75, 3.05) is 5.32 Å². The van der Waals surface area contributed by atoms with Crippen LogP contribution in [0.1, 0.15) is 24.5 Å². The van der Waals surface area contributed by atoms with Gasteiger partial charge in [-0.15, -0.1) is 0 Å². The Balaban J connectivity index is 2.11. The van der Waals surface area contributed by atoms with E-state index in [1.54, 1.807) is 18.2 Å². The van der Waals surface area contributed by atoms with Gasteiger partial charge in [-0.2, -0.15) is 0 Å². The maximum Gasteiger partial charge on any atom is 0.265 e. The Morgan fingerprint density at radius 2 is 2.00 bits per heavy atom. The van der Waals surface area contributed by atoms with Crippen molar-refractivity contribution in [1.82, 2.24) is 0 Å². The summed E-state index contributed by atoms with van der Waals surface area (Å²) in [6.07, 6.45) is 0.0154. The molecular weight excluding hydrogens is 378 g/mol. The van der Waals surface area contributed by atoms with Crippen molar-refractivity contribution in [2.45, 2.75) is 33.3 Å². The maximum atomic E-state index is 12.4. The lowest BCUT2D eigenvalue weighted by molar-refractivity contribution is -0.122. The Morgan fingerprint density at radius 3 is 2.65 bits per heavy atom. The average Bonchev–Trinajstić information content (AvgIpc) is 2.51. The Kier molecular flexibility index (Phi) is 6.08. The first-order valence-electron chi connectivity index (χ1n) is 7.40. The quantitative estimate of drug-likeness (QED) is 0.723. The number of hydrogen-bond acceptors (Lipinski definition) is 2. The van der Waals surface area contributed by atoms with Crippen LogP contribution in [0.5, 0.6) is 5.75 Å². The van der Waals surface area contributed by atoms with Crippen LogP contribution in [-0.2, 0) is 4.79 Å². The van der Waals surface area contributed by atoms with E-state index in [9.17, 15) is 4.79 Å². The van der Waals surface area contributed by atoms with Gasteiger partial charge in [0.05, 0.1) is 5.02 Å². The molecule has 0 fully saturated rings. The monoisotopic (exact) mass is 395 g/mol. The van der Waals surface area contributed by atoms with Crippen molar-refractivity contribution in [3.05, 3.63) is 57.0 Å². The van der Waals surface area contributed by atoms with E-state index in [-0.39, 0.29) is 5.91 Å². The number of ether oxygens (including phenoxy) is 1. The lowest BCUT2D eigenvalue weighted by Gasteiger charge is -2.19. The van der Waals surface area contributed by atoms with Gasteiger partial charge >= 0.3 is 0 Å². The van der Waals surface area contributed by atoms with Gasteiger partial charge in [0.15, 0.2) is 6.10 Å². The van der Waals surface area contributed by atoms with Gasteiger partial charge in [0.2, 0.25) is 0 Å². The topological polar surface area (TPSA) is 38.3 Å². The predicted molar refractivity (Wildman–Crippen MR) is 98.4 cm³/mol. The van der Waals surface area contributed by atoms with E-state index in [1.807, 2.05) is 39.0 Å². The molecule has 3 nitrogen and oxygen atoms in total. The van der Waals surface area contributed by atoms with Crippen LogP contribution >= 0.6 is 27.5 Å². The molecule has 1 N–H and O–H groups in total. The zero-order valence-corrected chi connectivity index (χ0v) is 15.7. The molecule has 0 heterocycles. The van der Waals surface area contributed by atoms with Crippen molar-refractivity contribution in [3.8, 4) is 5.75 Å². The van der Waals surface area contributed by atoms with Crippen LogP contribution in [0.25, 0.3) is 0 Å². The third kappa shape index (κ3) is 4.72. The van der Waals surface area contributed by atoms with E-state index < -0.39 is 6.10 Å². The summed E-state index contributed by atoms with van der Waals surface area (Å²) in [5.41, 5.74) is 2.75. The Hall–Kier alpha value is -1.52. The molecule has 2 rings (SSSR count). The molecule has 2 aromatic rings. The normalized spacial score (nSPS) is 11.9. The second-order valence-electron chi connectivity index (χ2n) is 5.40. The number of aryl methyl sites for hydroxylation is 2. The van der Waals surface area contributed by atoms with E-state index in [0.717, 1.165) is 21.3 Å². The van der Waals surface area contributed by atoms with Crippen molar-refractivity contribution in [1.29, 1.82) is 0 Å². The second-order valence-corrected chi connectivity index (χ2v) is 6.66. The first-order chi connectivity index (χ1) is 10.9. The second kappa shape index (κ2) is 7.84. The van der Waals surface area contributed by atoms with Crippen LogP contribution in [0.3, 0.4) is 0 Å². The highest BCUT2D eigenvalue weighted by atomic mass is 79.9. The van der Waals surface area contributed by atoms with Crippen LogP contribution in [0.15, 0.2) is 40.9 Å². The zero-order valence-electron chi connectivity index (χ0n) is 13.3. The van der Waals surface area contributed by atoms with Gasteiger partial charge in [0.1, 0.15) is 5.75 Å². The standard InChI is InChI=1S/C18H19BrClNO2/c1-4-16(23-17-9-11(2)5-6-12(17)3)18(22)21-13-7-8-14(19)15(20)10-13/h5-10,16H,4H2,1-3H3,(H,21,22). The van der Waals surface area contributed by atoms with Crippen molar-refractivity contribution < 1.29 is 9.53 Å². The molecule has 0 saturated carbocycles. The van der Waals surface area contributed by atoms with Crippen LogP contribution in [0.4, 0.5) is 5.69 Å². The molecule has 23 heavy (non-hydrogen) atoms. The minimum absolute atomic E-state index is 0.188. The van der Waals surface area contributed by atoms with E-state index in [4.69, 9.17) is 16.3 Å². The summed E-state index contributed by atoms with van der Waals surface area (Å²) >= 11 is 9.38. The van der Waals surface area contributed by atoms with E-state index in [2.05, 4.69) is 21.2 Å². The van der Waals surface area contributed by atoms with Crippen molar-refractivity contribution in [3.63, 3.8) is 0 Å². The van der Waals surface area contributed by atoms with Crippen LogP contribution < -0.4 is 10.1 Å². The van der Waals surface area contributed by atoms with Gasteiger partial charge in [0.25, 0.3) is 5.91 Å². The molecule has 0 aliphatic rings. The number of anilines is 1. The smallest absolute Gasteiger partial charge is 0.265 e. The largest absolute Gasteiger partial charge is 0.480 e. The van der Waals surface area contributed by atoms with Crippen molar-refractivity contribution in [2.24, 2.45) is 0 Å². The third-order valence-corrected chi connectivity index (χ3v) is 4.70. The summed E-state index contributed by atoms with van der Waals surface area (Å²) in [6, 6.07) is 11.2. The molecule has 2 aromatic carbocycles. The number of hydrogen-bond donors (Lipinski definition) is 1. The zero-order chi connectivity index (χ0) is 17.0. The molecule has 1 amide bonds. The summed E-state index contributed by atoms with van der Waals surface area (Å²) in [5.74, 6) is 0.549. The predicted octanol–water partition coefficient (Wildman–Crippen LogP) is 5.52. The number of carbonyl (C=O) groups excluding carboxylic acids is 1. The number of carbonyl (C=O) groups is 1. The van der Waals surface area contributed by atoms with Gasteiger partial charge in [-0.25, -0.2) is 0 Å². The molecule has 5 heteroatoms. The fraction of sp³-hybridized carbons (Fsp3) is 0.278. The van der Waals surface area contributed by atoms with Gasteiger partial charge in [-0.1, -0.05) is 30.7 Å². The summed E-state index contributed by atoms with van der Waals surface area (Å²) in [6.45, 7) is 5.88. The SMILES string of the molecule is CCC(Oc1cc(C)ccc1C)C(=O)Nc1ccc(Br)c(Cl)c1. The number of nitrogens with one attached hydrogen (secondary N) is 1.